The number of fused-ring (bicyclic) bond motifs is 1. The molecule has 0 aromatic heterocycles. The minimum Gasteiger partial charge on any atom is -0.467 e. The highest BCUT2D eigenvalue weighted by molar-refractivity contribution is 14.0. The summed E-state index contributed by atoms with van der Waals surface area (Å²) < 4.78 is 24.8. The Morgan fingerprint density at radius 2 is 2.10 bits per heavy atom. The van der Waals surface area contributed by atoms with Gasteiger partial charge in [-0.1, -0.05) is 30.3 Å². The van der Waals surface area contributed by atoms with Crippen LogP contribution in [0.1, 0.15) is 23.1 Å². The summed E-state index contributed by atoms with van der Waals surface area (Å²) in [6, 6.07) is 13.6. The zero-order valence-electron chi connectivity index (χ0n) is 16.6. The average molecular weight is 511 g/mol. The summed E-state index contributed by atoms with van der Waals surface area (Å²) in [7, 11) is 1.79. The van der Waals surface area contributed by atoms with Crippen molar-refractivity contribution in [1.82, 2.24) is 10.2 Å². The fraction of sp³-hybridized carbons (Fsp3) is 0.409. The van der Waals surface area contributed by atoms with Gasteiger partial charge < -0.3 is 19.7 Å². The van der Waals surface area contributed by atoms with Gasteiger partial charge in [-0.25, -0.2) is 4.39 Å². The number of ether oxygens (including phenoxy) is 2. The molecule has 7 heteroatoms. The van der Waals surface area contributed by atoms with Crippen LogP contribution in [0.5, 0.6) is 5.75 Å². The van der Waals surface area contributed by atoms with Crippen LogP contribution < -0.4 is 10.1 Å². The molecule has 2 aromatic carbocycles. The number of hydrogen-bond acceptors (Lipinski definition) is 3. The van der Waals surface area contributed by atoms with Gasteiger partial charge in [-0.3, -0.25) is 4.99 Å². The Balaban J connectivity index is 0.00000240. The smallest absolute Gasteiger partial charge is 0.193 e. The van der Waals surface area contributed by atoms with Gasteiger partial charge in [0.25, 0.3) is 0 Å². The van der Waals surface area contributed by atoms with Crippen molar-refractivity contribution in [3.05, 3.63) is 65.0 Å². The molecule has 0 radical (unpaired) electrons. The number of nitrogens with one attached hydrogen (secondary N) is 1. The maximum atomic E-state index is 13.9. The summed E-state index contributed by atoms with van der Waals surface area (Å²) in [6.07, 6.45) is 2.23. The molecule has 0 saturated carbocycles. The van der Waals surface area contributed by atoms with Crippen molar-refractivity contribution in [1.29, 1.82) is 0 Å². The third kappa shape index (κ3) is 5.39. The monoisotopic (exact) mass is 511 g/mol. The maximum absolute atomic E-state index is 13.9. The fourth-order valence-corrected chi connectivity index (χ4v) is 4.03. The highest BCUT2D eigenvalue weighted by Crippen LogP contribution is 2.29. The van der Waals surface area contributed by atoms with Crippen LogP contribution in [-0.2, 0) is 24.3 Å². The number of benzene rings is 2. The van der Waals surface area contributed by atoms with Gasteiger partial charge >= 0.3 is 0 Å². The Morgan fingerprint density at radius 1 is 1.28 bits per heavy atom. The number of rotatable bonds is 4. The summed E-state index contributed by atoms with van der Waals surface area (Å²) in [6.45, 7) is 2.99. The van der Waals surface area contributed by atoms with Crippen molar-refractivity contribution in [2.45, 2.75) is 26.0 Å². The Labute approximate surface area is 188 Å². The van der Waals surface area contributed by atoms with Crippen molar-refractivity contribution in [2.75, 3.05) is 26.9 Å². The molecule has 1 fully saturated rings. The summed E-state index contributed by atoms with van der Waals surface area (Å²) in [5.74, 6) is 1.91. The lowest BCUT2D eigenvalue weighted by molar-refractivity contribution is -0.0173. The van der Waals surface area contributed by atoms with Gasteiger partial charge in [0.2, 0.25) is 0 Å². The molecule has 156 valence electrons. The van der Waals surface area contributed by atoms with Crippen molar-refractivity contribution in [3.8, 4) is 5.75 Å². The van der Waals surface area contributed by atoms with Gasteiger partial charge in [-0.2, -0.15) is 0 Å². The van der Waals surface area contributed by atoms with Crippen LogP contribution in [0.25, 0.3) is 0 Å². The molecule has 1 N–H and O–H groups in total. The second-order valence-corrected chi connectivity index (χ2v) is 7.36. The second-order valence-electron chi connectivity index (χ2n) is 7.36. The molecule has 0 amide bonds. The van der Waals surface area contributed by atoms with E-state index in [4.69, 9.17) is 9.47 Å². The molecule has 4 rings (SSSR count). The third-order valence-electron chi connectivity index (χ3n) is 5.35. The van der Waals surface area contributed by atoms with Crippen molar-refractivity contribution in [2.24, 2.45) is 10.9 Å². The zero-order valence-corrected chi connectivity index (χ0v) is 18.9. The number of halogens is 2. The number of aliphatic imine (C=N–C) groups is 1. The molecular formula is C22H27FIN3O2. The average Bonchev–Trinajstić information content (AvgIpc) is 3.17. The number of nitrogens with zero attached hydrogens (tertiary/aromatic N) is 2. The first-order chi connectivity index (χ1) is 13.7. The Kier molecular flexibility index (Phi) is 7.71. The van der Waals surface area contributed by atoms with Gasteiger partial charge in [0.15, 0.2) is 12.8 Å². The molecule has 2 aliphatic rings. The zero-order chi connectivity index (χ0) is 19.3. The largest absolute Gasteiger partial charge is 0.467 e. The van der Waals surface area contributed by atoms with Gasteiger partial charge in [0.05, 0.1) is 6.61 Å². The lowest BCUT2D eigenvalue weighted by atomic mass is 9.99. The molecule has 0 spiro atoms. The van der Waals surface area contributed by atoms with E-state index in [2.05, 4.69) is 45.5 Å². The van der Waals surface area contributed by atoms with Gasteiger partial charge in [-0.05, 0) is 36.5 Å². The number of guanidine groups is 1. The van der Waals surface area contributed by atoms with Crippen LogP contribution in [0.4, 0.5) is 4.39 Å². The van der Waals surface area contributed by atoms with E-state index < -0.39 is 0 Å². The lowest BCUT2D eigenvalue weighted by Crippen LogP contribution is -2.39. The van der Waals surface area contributed by atoms with Crippen molar-refractivity contribution < 1.29 is 13.9 Å². The molecule has 29 heavy (non-hydrogen) atoms. The highest BCUT2D eigenvalue weighted by Gasteiger charge is 2.25. The van der Waals surface area contributed by atoms with Crippen LogP contribution in [0.2, 0.25) is 0 Å². The first kappa shape index (κ1) is 21.8. The number of hydrogen-bond donors (Lipinski definition) is 1. The molecule has 1 atom stereocenters. The van der Waals surface area contributed by atoms with E-state index in [9.17, 15) is 4.39 Å². The van der Waals surface area contributed by atoms with Crippen molar-refractivity contribution in [3.63, 3.8) is 0 Å². The summed E-state index contributed by atoms with van der Waals surface area (Å²) in [4.78, 5) is 6.71. The normalized spacial score (nSPS) is 18.6. The predicted molar refractivity (Wildman–Crippen MR) is 122 cm³/mol. The van der Waals surface area contributed by atoms with E-state index in [-0.39, 0.29) is 36.6 Å². The van der Waals surface area contributed by atoms with E-state index in [1.54, 1.807) is 7.05 Å². The first-order valence-electron chi connectivity index (χ1n) is 9.74. The molecule has 5 nitrogen and oxygen atoms in total. The quantitative estimate of drug-likeness (QED) is 0.384. The topological polar surface area (TPSA) is 46.1 Å². The minimum absolute atomic E-state index is 0. The minimum atomic E-state index is -0.274. The number of likely N-dealkylation sites (tertiary alicyclic amines) is 1. The van der Waals surface area contributed by atoms with E-state index in [0.29, 0.717) is 19.1 Å². The van der Waals surface area contributed by atoms with Crippen molar-refractivity contribution >= 4 is 29.9 Å². The second kappa shape index (κ2) is 10.2. The molecule has 2 aliphatic heterocycles. The maximum Gasteiger partial charge on any atom is 0.193 e. The van der Waals surface area contributed by atoms with Gasteiger partial charge in [-0.15, -0.1) is 24.0 Å². The molecule has 1 unspecified atom stereocenters. The summed E-state index contributed by atoms with van der Waals surface area (Å²) >= 11 is 0. The molecule has 0 bridgehead atoms. The molecule has 2 heterocycles. The van der Waals surface area contributed by atoms with E-state index >= 15 is 0 Å². The highest BCUT2D eigenvalue weighted by atomic mass is 127. The van der Waals surface area contributed by atoms with E-state index in [1.807, 2.05) is 0 Å². The van der Waals surface area contributed by atoms with Crippen LogP contribution in [0.15, 0.2) is 47.5 Å². The summed E-state index contributed by atoms with van der Waals surface area (Å²) in [5.41, 5.74) is 2.92. The predicted octanol–water partition coefficient (Wildman–Crippen LogP) is 3.95. The first-order valence-corrected chi connectivity index (χ1v) is 9.74. The van der Waals surface area contributed by atoms with E-state index in [1.165, 1.54) is 17.7 Å². The lowest BCUT2D eigenvalue weighted by Gasteiger charge is -2.24. The summed E-state index contributed by atoms with van der Waals surface area (Å²) in [5, 5.41) is 3.38. The molecule has 2 aromatic rings. The van der Waals surface area contributed by atoms with Crippen LogP contribution >= 0.6 is 24.0 Å². The Morgan fingerprint density at radius 3 is 2.90 bits per heavy atom. The van der Waals surface area contributed by atoms with Crippen LogP contribution in [0, 0.1) is 11.7 Å². The van der Waals surface area contributed by atoms with Crippen LogP contribution in [0.3, 0.4) is 0 Å². The fourth-order valence-electron chi connectivity index (χ4n) is 4.03. The van der Waals surface area contributed by atoms with Crippen LogP contribution in [-0.4, -0.2) is 37.8 Å². The van der Waals surface area contributed by atoms with E-state index in [0.717, 1.165) is 48.8 Å². The third-order valence-corrected chi connectivity index (χ3v) is 5.35. The van der Waals surface area contributed by atoms with Gasteiger partial charge in [0, 0.05) is 37.8 Å². The molecule has 1 saturated heterocycles. The Bertz CT molecular complexity index is 847. The molecule has 0 aliphatic carbocycles. The SMILES string of the molecule is CN=C(NCc1cc(F)cc2c1OCOC2)N1CCC(Cc2ccccc2)C1.I. The Hall–Kier alpha value is -1.87. The van der Waals surface area contributed by atoms with Gasteiger partial charge in [0.1, 0.15) is 11.6 Å². The standard InChI is InChI=1S/C22H26FN3O2.HI/c1-24-22(26-8-7-17(13-26)9-16-5-3-2-4-6-16)25-12-18-10-20(23)11-19-14-27-15-28-21(18)19;/h2-6,10-11,17H,7-9,12-15H2,1H3,(H,24,25);1H. The molecular weight excluding hydrogens is 484 g/mol.